The van der Waals surface area contributed by atoms with Crippen LogP contribution in [-0.4, -0.2) is 46.0 Å². The average Bonchev–Trinajstić information content (AvgIpc) is 3.18. The molecule has 4 rings (SSSR count). The summed E-state index contributed by atoms with van der Waals surface area (Å²) in [6.45, 7) is 4.12. The maximum Gasteiger partial charge on any atom is 0.258 e. The first-order valence-corrected chi connectivity index (χ1v) is 11.5. The molecule has 0 atom stereocenters. The lowest BCUT2D eigenvalue weighted by Crippen LogP contribution is -2.38. The van der Waals surface area contributed by atoms with Gasteiger partial charge in [-0.05, 0) is 69.7 Å². The van der Waals surface area contributed by atoms with Crippen molar-refractivity contribution in [2.75, 3.05) is 20.8 Å². The van der Waals surface area contributed by atoms with E-state index in [4.69, 9.17) is 14.5 Å². The zero-order valence-corrected chi connectivity index (χ0v) is 20.2. The zero-order valence-electron chi connectivity index (χ0n) is 20.2. The van der Waals surface area contributed by atoms with Crippen LogP contribution in [0.1, 0.15) is 41.1 Å². The van der Waals surface area contributed by atoms with Crippen molar-refractivity contribution in [1.29, 1.82) is 0 Å². The normalized spacial score (nSPS) is 12.8. The molecule has 1 aliphatic carbocycles. The van der Waals surface area contributed by atoms with Gasteiger partial charge < -0.3 is 14.8 Å². The van der Waals surface area contributed by atoms with Crippen LogP contribution in [0.2, 0.25) is 0 Å². The SMILES string of the molecule is COc1ccc(CCNC(=O)Cn2c(-n3nc(C)cc3C)nc3c(c2=O)CCCC3)cc1OC. The van der Waals surface area contributed by atoms with Gasteiger partial charge in [-0.1, -0.05) is 6.07 Å². The second-order valence-corrected chi connectivity index (χ2v) is 8.56. The fraction of sp³-hybridized carbons (Fsp3) is 0.440. The van der Waals surface area contributed by atoms with Crippen molar-refractivity contribution in [2.24, 2.45) is 0 Å². The van der Waals surface area contributed by atoms with Gasteiger partial charge in [-0.25, -0.2) is 9.67 Å². The van der Waals surface area contributed by atoms with Crippen molar-refractivity contribution in [1.82, 2.24) is 24.6 Å². The number of methoxy groups -OCH3 is 2. The van der Waals surface area contributed by atoms with Crippen molar-refractivity contribution in [3.63, 3.8) is 0 Å². The Morgan fingerprint density at radius 2 is 1.85 bits per heavy atom. The molecule has 0 spiro atoms. The molecule has 1 aromatic carbocycles. The standard InChI is InChI=1S/C25H31N5O4/c1-16-13-17(2)30(28-16)25-27-20-8-6-5-7-19(20)24(32)29(25)15-23(31)26-12-11-18-9-10-21(33-3)22(14-18)34-4/h9-10,13-14H,5-8,11-12,15H2,1-4H3,(H,26,31). The Labute approximate surface area is 198 Å². The third-order valence-electron chi connectivity index (χ3n) is 6.10. The molecule has 0 aliphatic heterocycles. The number of nitrogens with one attached hydrogen (secondary N) is 1. The molecular weight excluding hydrogens is 434 g/mol. The van der Waals surface area contributed by atoms with Gasteiger partial charge in [0, 0.05) is 17.8 Å². The first-order valence-electron chi connectivity index (χ1n) is 11.5. The fourth-order valence-electron chi connectivity index (χ4n) is 4.40. The Kier molecular flexibility index (Phi) is 7.00. The Morgan fingerprint density at radius 3 is 2.56 bits per heavy atom. The lowest BCUT2D eigenvalue weighted by molar-refractivity contribution is -0.121. The van der Waals surface area contributed by atoms with Crippen LogP contribution in [0.3, 0.4) is 0 Å². The molecule has 0 fully saturated rings. The third kappa shape index (κ3) is 4.83. The van der Waals surface area contributed by atoms with E-state index in [0.717, 1.165) is 47.5 Å². The van der Waals surface area contributed by atoms with Gasteiger partial charge in [0.2, 0.25) is 11.9 Å². The lowest BCUT2D eigenvalue weighted by atomic mass is 9.97. The van der Waals surface area contributed by atoms with Crippen LogP contribution in [0.25, 0.3) is 5.95 Å². The summed E-state index contributed by atoms with van der Waals surface area (Å²) in [5.41, 5.74) is 4.09. The molecule has 9 nitrogen and oxygen atoms in total. The smallest absolute Gasteiger partial charge is 0.258 e. The van der Waals surface area contributed by atoms with Crippen LogP contribution in [0, 0.1) is 13.8 Å². The van der Waals surface area contributed by atoms with Gasteiger partial charge in [-0.3, -0.25) is 14.2 Å². The maximum atomic E-state index is 13.4. The molecule has 2 heterocycles. The fourth-order valence-corrected chi connectivity index (χ4v) is 4.40. The van der Waals surface area contributed by atoms with Crippen molar-refractivity contribution in [2.45, 2.75) is 52.5 Å². The number of carbonyl (C=O) groups is 1. The van der Waals surface area contributed by atoms with Crippen LogP contribution in [0.5, 0.6) is 11.5 Å². The number of nitrogens with zero attached hydrogens (tertiary/aromatic N) is 4. The predicted octanol–water partition coefficient (Wildman–Crippen LogP) is 2.30. The predicted molar refractivity (Wildman–Crippen MR) is 128 cm³/mol. The second kappa shape index (κ2) is 10.1. The van der Waals surface area contributed by atoms with Crippen LogP contribution < -0.4 is 20.3 Å². The maximum absolute atomic E-state index is 13.4. The summed E-state index contributed by atoms with van der Waals surface area (Å²) in [6.07, 6.45) is 4.06. The Morgan fingerprint density at radius 1 is 1.09 bits per heavy atom. The van der Waals surface area contributed by atoms with Gasteiger partial charge >= 0.3 is 0 Å². The Bertz CT molecular complexity index is 1260. The minimum Gasteiger partial charge on any atom is -0.493 e. The van der Waals surface area contributed by atoms with E-state index in [1.807, 2.05) is 38.1 Å². The van der Waals surface area contributed by atoms with Crippen LogP contribution in [0.4, 0.5) is 0 Å². The lowest BCUT2D eigenvalue weighted by Gasteiger charge is -2.20. The summed E-state index contributed by atoms with van der Waals surface area (Å²) < 4.78 is 13.7. The summed E-state index contributed by atoms with van der Waals surface area (Å²) in [6, 6.07) is 7.60. The van der Waals surface area contributed by atoms with Crippen molar-refractivity contribution >= 4 is 5.91 Å². The molecule has 1 N–H and O–H groups in total. The van der Waals surface area contributed by atoms with E-state index < -0.39 is 0 Å². The highest BCUT2D eigenvalue weighted by atomic mass is 16.5. The van der Waals surface area contributed by atoms with Gasteiger partial charge in [-0.15, -0.1) is 0 Å². The van der Waals surface area contributed by atoms with Crippen LogP contribution in [0.15, 0.2) is 29.1 Å². The van der Waals surface area contributed by atoms with Gasteiger partial charge in [0.15, 0.2) is 11.5 Å². The minimum absolute atomic E-state index is 0.112. The summed E-state index contributed by atoms with van der Waals surface area (Å²) in [4.78, 5) is 31.0. The number of benzene rings is 1. The first kappa shape index (κ1) is 23.5. The quantitative estimate of drug-likeness (QED) is 0.548. The molecule has 9 heteroatoms. The first-order chi connectivity index (χ1) is 16.4. The molecule has 0 unspecified atom stereocenters. The van der Waals surface area contributed by atoms with Crippen molar-refractivity contribution in [3.05, 3.63) is 62.8 Å². The van der Waals surface area contributed by atoms with Gasteiger partial charge in [-0.2, -0.15) is 5.10 Å². The Balaban J connectivity index is 1.53. The molecule has 0 saturated carbocycles. The van der Waals surface area contributed by atoms with E-state index in [1.165, 1.54) is 4.57 Å². The van der Waals surface area contributed by atoms with Gasteiger partial charge in [0.25, 0.3) is 5.56 Å². The second-order valence-electron chi connectivity index (χ2n) is 8.56. The molecule has 0 saturated heterocycles. The van der Waals surface area contributed by atoms with E-state index in [-0.39, 0.29) is 18.0 Å². The van der Waals surface area contributed by atoms with Crippen molar-refractivity contribution < 1.29 is 14.3 Å². The van der Waals surface area contributed by atoms with Gasteiger partial charge in [0.05, 0.1) is 25.6 Å². The van der Waals surface area contributed by atoms with E-state index >= 15 is 0 Å². The molecule has 34 heavy (non-hydrogen) atoms. The van der Waals surface area contributed by atoms with E-state index in [0.29, 0.717) is 36.8 Å². The van der Waals surface area contributed by atoms with E-state index in [2.05, 4.69) is 10.4 Å². The van der Waals surface area contributed by atoms with E-state index in [1.54, 1.807) is 18.9 Å². The highest BCUT2D eigenvalue weighted by Gasteiger charge is 2.22. The molecule has 0 bridgehead atoms. The zero-order chi connectivity index (χ0) is 24.2. The average molecular weight is 466 g/mol. The summed E-state index contributed by atoms with van der Waals surface area (Å²) >= 11 is 0. The summed E-state index contributed by atoms with van der Waals surface area (Å²) in [5, 5.41) is 7.43. The molecule has 180 valence electrons. The number of hydrogen-bond acceptors (Lipinski definition) is 6. The number of amides is 1. The molecule has 1 amide bonds. The molecule has 0 radical (unpaired) electrons. The number of aryl methyl sites for hydroxylation is 3. The number of carbonyl (C=O) groups excluding carboxylic acids is 1. The number of rotatable bonds is 8. The monoisotopic (exact) mass is 465 g/mol. The van der Waals surface area contributed by atoms with E-state index in [9.17, 15) is 9.59 Å². The number of fused-ring (bicyclic) bond motifs is 1. The molecule has 3 aromatic rings. The van der Waals surface area contributed by atoms with Crippen molar-refractivity contribution in [3.8, 4) is 17.4 Å². The highest BCUT2D eigenvalue weighted by Crippen LogP contribution is 2.27. The molecular formula is C25H31N5O4. The van der Waals surface area contributed by atoms with Gasteiger partial charge in [0.1, 0.15) is 6.54 Å². The molecule has 2 aromatic heterocycles. The highest BCUT2D eigenvalue weighted by molar-refractivity contribution is 5.76. The number of aromatic nitrogens is 4. The summed E-state index contributed by atoms with van der Waals surface area (Å²) in [7, 11) is 3.18. The Hall–Kier alpha value is -3.62. The molecule has 1 aliphatic rings. The minimum atomic E-state index is -0.247. The van der Waals surface area contributed by atoms with Crippen LogP contribution >= 0.6 is 0 Å². The topological polar surface area (TPSA) is 100 Å². The van der Waals surface area contributed by atoms with Crippen LogP contribution in [-0.2, 0) is 30.6 Å². The largest absolute Gasteiger partial charge is 0.493 e. The number of ether oxygens (including phenoxy) is 2. The number of hydrogen-bond donors (Lipinski definition) is 1. The third-order valence-corrected chi connectivity index (χ3v) is 6.10. The summed E-state index contributed by atoms with van der Waals surface area (Å²) in [5.74, 6) is 1.45.